The maximum absolute atomic E-state index is 13.0. The number of hydrogen-bond acceptors (Lipinski definition) is 9. The first-order valence-electron chi connectivity index (χ1n) is 11.1. The van der Waals surface area contributed by atoms with Gasteiger partial charge in [-0.25, -0.2) is 9.97 Å². The van der Waals surface area contributed by atoms with E-state index in [0.717, 1.165) is 6.20 Å². The number of aryl methyl sites for hydroxylation is 2. The normalized spacial score (nSPS) is 11.3. The quantitative estimate of drug-likeness (QED) is 0.313. The second kappa shape index (κ2) is 10.7. The van der Waals surface area contributed by atoms with Crippen LogP contribution in [0.2, 0.25) is 0 Å². The number of pyridine rings is 1. The molecule has 0 bridgehead atoms. The first-order valence-corrected chi connectivity index (χ1v) is 11.1. The van der Waals surface area contributed by atoms with E-state index in [2.05, 4.69) is 41.0 Å². The third-order valence-electron chi connectivity index (χ3n) is 5.25. The molecule has 0 aliphatic carbocycles. The van der Waals surface area contributed by atoms with E-state index in [1.807, 2.05) is 0 Å². The van der Waals surface area contributed by atoms with E-state index in [-0.39, 0.29) is 41.7 Å². The maximum atomic E-state index is 13.0. The summed E-state index contributed by atoms with van der Waals surface area (Å²) >= 11 is 0. The summed E-state index contributed by atoms with van der Waals surface area (Å²) in [6.07, 6.45) is 0.426. The number of carbonyl (C=O) groups excluding carboxylic acids is 2. The summed E-state index contributed by atoms with van der Waals surface area (Å²) in [5, 5.41) is 11.9. The first-order chi connectivity index (χ1) is 18.0. The molecule has 4 aromatic heterocycles. The second-order valence-corrected chi connectivity index (χ2v) is 8.16. The molecule has 0 atom stereocenters. The van der Waals surface area contributed by atoms with Crippen LogP contribution < -0.4 is 16.0 Å². The standard InChI is InChI=1S/C23H22F3N9O3/c1-12-4-14(6-29-20(12)23(24,25)26)16-8-28-9-17(32-16)33-18(36)10-35-11-31-21(27-3)19(35)22(37)30-7-15-5-13(2)38-34-15/h4-6,8-9,11,27H,7,10H2,1-3H3,(H,30,37)(H,32,33,36). The van der Waals surface area contributed by atoms with Crippen LogP contribution in [0.1, 0.15) is 33.2 Å². The minimum Gasteiger partial charge on any atom is -0.371 e. The van der Waals surface area contributed by atoms with Gasteiger partial charge < -0.3 is 25.0 Å². The first kappa shape index (κ1) is 26.2. The minimum atomic E-state index is -4.57. The fourth-order valence-corrected chi connectivity index (χ4v) is 3.59. The van der Waals surface area contributed by atoms with Gasteiger partial charge in [-0.15, -0.1) is 0 Å². The molecule has 4 rings (SSSR count). The van der Waals surface area contributed by atoms with E-state index in [1.54, 1.807) is 20.0 Å². The van der Waals surface area contributed by atoms with Crippen molar-refractivity contribution in [1.82, 2.24) is 35.0 Å². The average Bonchev–Trinajstić information content (AvgIpc) is 3.47. The Bertz CT molecular complexity index is 1480. The topological polar surface area (TPSA) is 153 Å². The van der Waals surface area contributed by atoms with E-state index >= 15 is 0 Å². The van der Waals surface area contributed by atoms with Crippen molar-refractivity contribution in [3.05, 3.63) is 65.5 Å². The maximum Gasteiger partial charge on any atom is 0.433 e. The van der Waals surface area contributed by atoms with Crippen molar-refractivity contribution in [2.75, 3.05) is 17.7 Å². The predicted molar refractivity (Wildman–Crippen MR) is 128 cm³/mol. The van der Waals surface area contributed by atoms with Crippen LogP contribution in [0.5, 0.6) is 0 Å². The van der Waals surface area contributed by atoms with Crippen molar-refractivity contribution in [3.8, 4) is 11.3 Å². The van der Waals surface area contributed by atoms with Gasteiger partial charge in [0.05, 0.1) is 31.0 Å². The van der Waals surface area contributed by atoms with E-state index in [9.17, 15) is 22.8 Å². The zero-order valence-corrected chi connectivity index (χ0v) is 20.4. The molecule has 0 saturated heterocycles. The number of nitrogens with zero attached hydrogens (tertiary/aromatic N) is 6. The highest BCUT2D eigenvalue weighted by atomic mass is 19.4. The van der Waals surface area contributed by atoms with E-state index in [4.69, 9.17) is 4.52 Å². The molecule has 0 unspecified atom stereocenters. The third kappa shape index (κ3) is 5.93. The molecule has 38 heavy (non-hydrogen) atoms. The molecule has 0 spiro atoms. The summed E-state index contributed by atoms with van der Waals surface area (Å²) in [5.74, 6) is -0.111. The summed E-state index contributed by atoms with van der Waals surface area (Å²) < 4.78 is 45.4. The van der Waals surface area contributed by atoms with Gasteiger partial charge >= 0.3 is 6.18 Å². The Morgan fingerprint density at radius 3 is 2.55 bits per heavy atom. The summed E-state index contributed by atoms with van der Waals surface area (Å²) in [7, 11) is 1.59. The van der Waals surface area contributed by atoms with Gasteiger partial charge in [0.1, 0.15) is 23.7 Å². The highest BCUT2D eigenvalue weighted by Gasteiger charge is 2.34. The van der Waals surface area contributed by atoms with Crippen LogP contribution in [0.15, 0.2) is 41.6 Å². The Morgan fingerprint density at radius 2 is 1.89 bits per heavy atom. The number of nitrogens with one attached hydrogen (secondary N) is 3. The number of anilines is 2. The molecule has 0 radical (unpaired) electrons. The molecule has 198 valence electrons. The number of rotatable bonds is 8. The number of carbonyl (C=O) groups is 2. The van der Waals surface area contributed by atoms with Gasteiger partial charge in [-0.3, -0.25) is 19.6 Å². The largest absolute Gasteiger partial charge is 0.433 e. The Hall–Kier alpha value is -4.82. The molecule has 2 amide bonds. The lowest BCUT2D eigenvalue weighted by Gasteiger charge is -2.12. The van der Waals surface area contributed by atoms with Crippen LogP contribution in [0.4, 0.5) is 24.8 Å². The van der Waals surface area contributed by atoms with Crippen molar-refractivity contribution in [1.29, 1.82) is 0 Å². The van der Waals surface area contributed by atoms with Crippen LogP contribution in [-0.4, -0.2) is 48.5 Å². The molecule has 15 heteroatoms. The number of hydrogen-bond donors (Lipinski definition) is 3. The fraction of sp³-hybridized carbons (Fsp3) is 0.261. The Labute approximate surface area is 213 Å². The molecule has 3 N–H and O–H groups in total. The Morgan fingerprint density at radius 1 is 1.11 bits per heavy atom. The number of aromatic nitrogens is 6. The van der Waals surface area contributed by atoms with Crippen LogP contribution in [0.25, 0.3) is 11.3 Å². The van der Waals surface area contributed by atoms with Crippen molar-refractivity contribution in [3.63, 3.8) is 0 Å². The van der Waals surface area contributed by atoms with Gasteiger partial charge in [-0.05, 0) is 25.5 Å². The molecule has 4 heterocycles. The van der Waals surface area contributed by atoms with Gasteiger partial charge in [0.25, 0.3) is 5.91 Å². The molecular formula is C23H22F3N9O3. The van der Waals surface area contributed by atoms with Crippen LogP contribution in [0, 0.1) is 13.8 Å². The van der Waals surface area contributed by atoms with Gasteiger partial charge in [-0.1, -0.05) is 5.16 Å². The summed E-state index contributed by atoms with van der Waals surface area (Å²) in [6.45, 7) is 2.85. The molecule has 0 aromatic carbocycles. The lowest BCUT2D eigenvalue weighted by Crippen LogP contribution is -2.28. The average molecular weight is 529 g/mol. The van der Waals surface area contributed by atoms with E-state index in [0.29, 0.717) is 17.0 Å². The van der Waals surface area contributed by atoms with Crippen molar-refractivity contribution < 1.29 is 27.3 Å². The van der Waals surface area contributed by atoms with Crippen LogP contribution >= 0.6 is 0 Å². The Kier molecular flexibility index (Phi) is 7.36. The zero-order valence-electron chi connectivity index (χ0n) is 20.4. The summed E-state index contributed by atoms with van der Waals surface area (Å²) in [5.41, 5.74) is 0.104. The van der Waals surface area contributed by atoms with Gasteiger partial charge in [0, 0.05) is 24.9 Å². The van der Waals surface area contributed by atoms with E-state index < -0.39 is 23.7 Å². The number of halogens is 3. The summed E-state index contributed by atoms with van der Waals surface area (Å²) in [6, 6.07) is 2.97. The zero-order chi connectivity index (χ0) is 27.4. The van der Waals surface area contributed by atoms with E-state index in [1.165, 1.54) is 36.3 Å². The monoisotopic (exact) mass is 529 g/mol. The predicted octanol–water partition coefficient (Wildman–Crippen LogP) is 2.97. The number of alkyl halides is 3. The van der Waals surface area contributed by atoms with Crippen LogP contribution in [-0.2, 0) is 24.1 Å². The highest BCUT2D eigenvalue weighted by molar-refractivity contribution is 5.98. The molecule has 0 aliphatic heterocycles. The van der Waals surface area contributed by atoms with Gasteiger partial charge in [-0.2, -0.15) is 13.2 Å². The molecule has 12 nitrogen and oxygen atoms in total. The van der Waals surface area contributed by atoms with Gasteiger partial charge in [0.15, 0.2) is 17.3 Å². The van der Waals surface area contributed by atoms with Crippen molar-refractivity contribution in [2.24, 2.45) is 0 Å². The lowest BCUT2D eigenvalue weighted by atomic mass is 10.1. The fourth-order valence-electron chi connectivity index (χ4n) is 3.59. The SMILES string of the molecule is CNc1ncn(CC(=O)Nc2cncc(-c3cnc(C(F)(F)F)c(C)c3)n2)c1C(=O)NCc1cc(C)on1. The molecule has 0 aliphatic rings. The number of imidazole rings is 1. The number of amides is 2. The summed E-state index contributed by atoms with van der Waals surface area (Å²) in [4.78, 5) is 41.5. The Balaban J connectivity index is 1.46. The molecule has 4 aromatic rings. The molecule has 0 saturated carbocycles. The highest BCUT2D eigenvalue weighted by Crippen LogP contribution is 2.31. The molecular weight excluding hydrogens is 507 g/mol. The van der Waals surface area contributed by atoms with Crippen molar-refractivity contribution >= 4 is 23.5 Å². The van der Waals surface area contributed by atoms with Crippen LogP contribution in [0.3, 0.4) is 0 Å². The van der Waals surface area contributed by atoms with Gasteiger partial charge in [0.2, 0.25) is 5.91 Å². The van der Waals surface area contributed by atoms with Crippen molar-refractivity contribution in [2.45, 2.75) is 33.1 Å². The third-order valence-corrected chi connectivity index (χ3v) is 5.25. The smallest absolute Gasteiger partial charge is 0.371 e. The lowest BCUT2D eigenvalue weighted by molar-refractivity contribution is -0.141. The second-order valence-electron chi connectivity index (χ2n) is 8.16. The minimum absolute atomic E-state index is 0.0615. The molecule has 0 fully saturated rings.